The number of fused-ring (bicyclic) bond motifs is 1. The molecule has 0 spiro atoms. The van der Waals surface area contributed by atoms with Crippen molar-refractivity contribution in [2.45, 2.75) is 26.4 Å². The van der Waals surface area contributed by atoms with Crippen LogP contribution in [0, 0.1) is 6.92 Å². The number of nitrogens with zero attached hydrogens (tertiary/aromatic N) is 6. The first-order valence-electron chi connectivity index (χ1n) is 8.30. The molecule has 4 heterocycles. The Morgan fingerprint density at radius 1 is 1.31 bits per heavy atom. The largest absolute Gasteiger partial charge is 0.306 e. The Bertz CT molecular complexity index is 1010. The molecule has 0 radical (unpaired) electrons. The summed E-state index contributed by atoms with van der Waals surface area (Å²) in [4.78, 5) is 30.2. The van der Waals surface area contributed by atoms with Crippen LogP contribution in [-0.2, 0) is 26.6 Å². The average Bonchev–Trinajstić information content (AvgIpc) is 2.89. The van der Waals surface area contributed by atoms with Crippen LogP contribution in [0.3, 0.4) is 0 Å². The maximum Gasteiger partial charge on any atom is 0.255 e. The Kier molecular flexibility index (Phi) is 4.29. The minimum absolute atomic E-state index is 0.118. The maximum absolute atomic E-state index is 12.6. The monoisotopic (exact) mass is 371 g/mol. The van der Waals surface area contributed by atoms with Gasteiger partial charge in [0, 0.05) is 51.1 Å². The van der Waals surface area contributed by atoms with Gasteiger partial charge < -0.3 is 4.98 Å². The summed E-state index contributed by atoms with van der Waals surface area (Å²) >= 11 is 6.34. The molecule has 0 aliphatic carbocycles. The number of hydrogen-bond donors (Lipinski definition) is 1. The number of halogens is 1. The van der Waals surface area contributed by atoms with Gasteiger partial charge in [-0.1, -0.05) is 11.6 Å². The average molecular weight is 372 g/mol. The Morgan fingerprint density at radius 3 is 2.77 bits per heavy atom. The van der Waals surface area contributed by atoms with Gasteiger partial charge in [-0.25, -0.2) is 15.0 Å². The first kappa shape index (κ1) is 16.9. The summed E-state index contributed by atoms with van der Waals surface area (Å²) in [7, 11) is 1.83. The molecular formula is C17H18ClN7O. The van der Waals surface area contributed by atoms with Crippen LogP contribution in [0.25, 0.3) is 11.4 Å². The third-order valence-corrected chi connectivity index (χ3v) is 5.11. The molecule has 26 heavy (non-hydrogen) atoms. The second-order valence-corrected chi connectivity index (χ2v) is 6.76. The van der Waals surface area contributed by atoms with Crippen molar-refractivity contribution in [3.05, 3.63) is 56.7 Å². The van der Waals surface area contributed by atoms with E-state index in [2.05, 4.69) is 29.9 Å². The standard InChI is InChI=1S/C17H18ClN7O/c1-10-12(15(18)24(2)23-10)7-25-4-3-14-13(8-25)17(26)22-16(21-14)11-5-19-9-20-6-11/h5-6,9H,3-4,7-8H2,1-2H3,(H,21,22,26). The van der Waals surface area contributed by atoms with E-state index in [9.17, 15) is 4.79 Å². The highest BCUT2D eigenvalue weighted by Gasteiger charge is 2.23. The fraction of sp³-hybridized carbons (Fsp3) is 0.353. The van der Waals surface area contributed by atoms with Gasteiger partial charge in [0.1, 0.15) is 17.3 Å². The van der Waals surface area contributed by atoms with Crippen molar-refractivity contribution < 1.29 is 0 Å². The van der Waals surface area contributed by atoms with Crippen molar-refractivity contribution in [3.63, 3.8) is 0 Å². The number of aromatic amines is 1. The summed E-state index contributed by atoms with van der Waals surface area (Å²) in [5, 5.41) is 4.99. The molecule has 3 aromatic heterocycles. The second-order valence-electron chi connectivity index (χ2n) is 6.41. The number of H-pyrrole nitrogens is 1. The highest BCUT2D eigenvalue weighted by Crippen LogP contribution is 2.24. The topological polar surface area (TPSA) is 92.6 Å². The quantitative estimate of drug-likeness (QED) is 0.749. The van der Waals surface area contributed by atoms with Gasteiger partial charge >= 0.3 is 0 Å². The van der Waals surface area contributed by atoms with E-state index < -0.39 is 0 Å². The first-order chi connectivity index (χ1) is 12.5. The van der Waals surface area contributed by atoms with E-state index in [1.807, 2.05) is 14.0 Å². The van der Waals surface area contributed by atoms with E-state index in [0.29, 0.717) is 41.6 Å². The minimum atomic E-state index is -0.118. The van der Waals surface area contributed by atoms with Crippen molar-refractivity contribution in [2.24, 2.45) is 7.05 Å². The molecule has 4 rings (SSSR count). The lowest BCUT2D eigenvalue weighted by Gasteiger charge is -2.27. The zero-order valence-corrected chi connectivity index (χ0v) is 15.3. The summed E-state index contributed by atoms with van der Waals surface area (Å²) in [5.74, 6) is 0.508. The van der Waals surface area contributed by atoms with Crippen molar-refractivity contribution >= 4 is 11.6 Å². The highest BCUT2D eigenvalue weighted by molar-refractivity contribution is 6.30. The van der Waals surface area contributed by atoms with Gasteiger partial charge in [0.2, 0.25) is 0 Å². The smallest absolute Gasteiger partial charge is 0.255 e. The van der Waals surface area contributed by atoms with Gasteiger partial charge in [-0.15, -0.1) is 0 Å². The Hall–Kier alpha value is -2.58. The number of rotatable bonds is 3. The minimum Gasteiger partial charge on any atom is -0.306 e. The van der Waals surface area contributed by atoms with E-state index in [1.165, 1.54) is 6.33 Å². The maximum atomic E-state index is 12.6. The van der Waals surface area contributed by atoms with Gasteiger partial charge in [0.25, 0.3) is 5.56 Å². The summed E-state index contributed by atoms with van der Waals surface area (Å²) in [6.07, 6.45) is 5.43. The van der Waals surface area contributed by atoms with Crippen LogP contribution in [0.4, 0.5) is 0 Å². The predicted octanol–water partition coefficient (Wildman–Crippen LogP) is 1.48. The first-order valence-corrected chi connectivity index (χ1v) is 8.68. The van der Waals surface area contributed by atoms with Crippen molar-refractivity contribution in [1.29, 1.82) is 0 Å². The van der Waals surface area contributed by atoms with Crippen molar-refractivity contribution in [1.82, 2.24) is 34.6 Å². The van der Waals surface area contributed by atoms with Crippen LogP contribution < -0.4 is 5.56 Å². The summed E-state index contributed by atoms with van der Waals surface area (Å²) in [5.41, 5.74) is 4.03. The van der Waals surface area contributed by atoms with E-state index in [4.69, 9.17) is 11.6 Å². The lowest BCUT2D eigenvalue weighted by Crippen LogP contribution is -2.35. The fourth-order valence-electron chi connectivity index (χ4n) is 3.25. The van der Waals surface area contributed by atoms with Crippen LogP contribution in [0.15, 0.2) is 23.5 Å². The Morgan fingerprint density at radius 2 is 2.08 bits per heavy atom. The molecule has 9 heteroatoms. The number of hydrogen-bond acceptors (Lipinski definition) is 6. The van der Waals surface area contributed by atoms with Gasteiger partial charge in [0.05, 0.1) is 22.5 Å². The lowest BCUT2D eigenvalue weighted by molar-refractivity contribution is 0.241. The van der Waals surface area contributed by atoms with Gasteiger partial charge in [0.15, 0.2) is 0 Å². The molecule has 1 aliphatic heterocycles. The van der Waals surface area contributed by atoms with Gasteiger partial charge in [-0.3, -0.25) is 14.4 Å². The summed E-state index contributed by atoms with van der Waals surface area (Å²) in [6.45, 7) is 3.94. The molecule has 8 nitrogen and oxygen atoms in total. The molecule has 0 amide bonds. The highest BCUT2D eigenvalue weighted by atomic mass is 35.5. The zero-order valence-electron chi connectivity index (χ0n) is 14.5. The third-order valence-electron chi connectivity index (χ3n) is 4.63. The summed E-state index contributed by atoms with van der Waals surface area (Å²) < 4.78 is 1.67. The molecular weight excluding hydrogens is 354 g/mol. The zero-order chi connectivity index (χ0) is 18.3. The lowest BCUT2D eigenvalue weighted by atomic mass is 10.1. The number of aromatic nitrogens is 6. The molecule has 0 aromatic carbocycles. The Labute approximate surface area is 154 Å². The van der Waals surface area contributed by atoms with Crippen LogP contribution in [0.5, 0.6) is 0 Å². The molecule has 0 saturated carbocycles. The Balaban J connectivity index is 1.60. The number of aryl methyl sites for hydroxylation is 2. The van der Waals surface area contributed by atoms with Crippen molar-refractivity contribution in [3.8, 4) is 11.4 Å². The SMILES string of the molecule is Cc1nn(C)c(Cl)c1CN1CCc2nc(-c3cncnc3)[nH]c(=O)c2C1. The normalized spacial score (nSPS) is 14.4. The molecule has 0 fully saturated rings. The third kappa shape index (κ3) is 3.02. The van der Waals surface area contributed by atoms with Gasteiger partial charge in [-0.2, -0.15) is 5.10 Å². The molecule has 1 N–H and O–H groups in total. The molecule has 0 bridgehead atoms. The van der Waals surface area contributed by atoms with Crippen molar-refractivity contribution in [2.75, 3.05) is 6.54 Å². The second kappa shape index (κ2) is 6.62. The predicted molar refractivity (Wildman–Crippen MR) is 96.7 cm³/mol. The van der Waals surface area contributed by atoms with E-state index in [1.54, 1.807) is 17.1 Å². The van der Waals surface area contributed by atoms with Crippen LogP contribution in [0.1, 0.15) is 22.5 Å². The van der Waals surface area contributed by atoms with Crippen LogP contribution >= 0.6 is 11.6 Å². The molecule has 0 saturated heterocycles. The summed E-state index contributed by atoms with van der Waals surface area (Å²) in [6, 6.07) is 0. The van der Waals surface area contributed by atoms with E-state index >= 15 is 0 Å². The molecule has 0 atom stereocenters. The molecule has 3 aromatic rings. The van der Waals surface area contributed by atoms with Crippen LogP contribution in [-0.4, -0.2) is 41.2 Å². The van der Waals surface area contributed by atoms with Crippen LogP contribution in [0.2, 0.25) is 5.15 Å². The molecule has 0 unspecified atom stereocenters. The number of nitrogens with one attached hydrogen (secondary N) is 1. The van der Waals surface area contributed by atoms with E-state index in [0.717, 1.165) is 23.5 Å². The van der Waals surface area contributed by atoms with Gasteiger partial charge in [-0.05, 0) is 6.92 Å². The van der Waals surface area contributed by atoms with E-state index in [-0.39, 0.29) is 5.56 Å². The molecule has 134 valence electrons. The fourth-order valence-corrected chi connectivity index (χ4v) is 3.49. The molecule has 1 aliphatic rings.